The van der Waals surface area contributed by atoms with Crippen molar-refractivity contribution in [2.24, 2.45) is 5.92 Å². The van der Waals surface area contributed by atoms with Crippen LogP contribution in [0.4, 0.5) is 0 Å². The number of carbonyl (C=O) groups excluding carboxylic acids is 2. The first kappa shape index (κ1) is 27.4. The Morgan fingerprint density at radius 3 is 2.28 bits per heavy atom. The lowest BCUT2D eigenvalue weighted by Gasteiger charge is -2.35. The molecule has 1 atom stereocenters. The van der Waals surface area contributed by atoms with Crippen LogP contribution in [-0.2, 0) is 19.6 Å². The predicted molar refractivity (Wildman–Crippen MR) is 134 cm³/mol. The molecular weight excluding hydrogens is 486 g/mol. The highest BCUT2D eigenvalue weighted by molar-refractivity contribution is 7.89. The van der Waals surface area contributed by atoms with E-state index in [-0.39, 0.29) is 29.8 Å². The third-order valence-electron chi connectivity index (χ3n) is 6.17. The number of nitrogens with zero attached hydrogens (tertiary/aromatic N) is 1. The van der Waals surface area contributed by atoms with Crippen LogP contribution in [0, 0.1) is 5.92 Å². The summed E-state index contributed by atoms with van der Waals surface area (Å²) >= 11 is 0. The van der Waals surface area contributed by atoms with Gasteiger partial charge in [0, 0.05) is 32.3 Å². The third kappa shape index (κ3) is 6.74. The number of rotatable bonds is 11. The third-order valence-corrected chi connectivity index (χ3v) is 8.09. The van der Waals surface area contributed by atoms with Gasteiger partial charge in [-0.1, -0.05) is 6.07 Å². The van der Waals surface area contributed by atoms with Crippen LogP contribution >= 0.6 is 0 Å². The smallest absolute Gasteiger partial charge is 0.252 e. The number of ether oxygens (including phenoxy) is 3. The zero-order valence-electron chi connectivity index (χ0n) is 20.7. The van der Waals surface area contributed by atoms with Crippen LogP contribution in [0.3, 0.4) is 0 Å². The zero-order valence-corrected chi connectivity index (χ0v) is 21.5. The Labute approximate surface area is 212 Å². The van der Waals surface area contributed by atoms with Gasteiger partial charge in [0.05, 0.1) is 25.7 Å². The fourth-order valence-corrected chi connectivity index (χ4v) is 5.59. The summed E-state index contributed by atoms with van der Waals surface area (Å²) in [5.41, 5.74) is 0.364. The average Bonchev–Trinajstić information content (AvgIpc) is 2.91. The maximum atomic E-state index is 13.1. The van der Waals surface area contributed by atoms with Crippen LogP contribution in [0.2, 0.25) is 0 Å². The zero-order chi connectivity index (χ0) is 26.1. The molecule has 1 fully saturated rings. The fourth-order valence-electron chi connectivity index (χ4n) is 4.12. The van der Waals surface area contributed by atoms with E-state index in [0.717, 1.165) is 0 Å². The van der Waals surface area contributed by atoms with Crippen LogP contribution in [0.1, 0.15) is 23.2 Å². The number of carbonyl (C=O) groups is 2. The van der Waals surface area contributed by atoms with Crippen molar-refractivity contribution in [1.29, 1.82) is 0 Å². The Morgan fingerprint density at radius 1 is 1.00 bits per heavy atom. The van der Waals surface area contributed by atoms with Crippen LogP contribution < -0.4 is 20.1 Å². The lowest BCUT2D eigenvalue weighted by Crippen LogP contribution is -2.54. The van der Waals surface area contributed by atoms with Gasteiger partial charge in [0.1, 0.15) is 17.5 Å². The minimum atomic E-state index is -3.69. The molecule has 1 heterocycles. The molecule has 196 valence electrons. The van der Waals surface area contributed by atoms with Crippen molar-refractivity contribution in [2.75, 3.05) is 47.6 Å². The van der Waals surface area contributed by atoms with E-state index in [1.165, 1.54) is 37.8 Å². The minimum Gasteiger partial charge on any atom is -0.497 e. The van der Waals surface area contributed by atoms with Gasteiger partial charge in [-0.3, -0.25) is 9.59 Å². The van der Waals surface area contributed by atoms with Crippen LogP contribution in [0.25, 0.3) is 0 Å². The van der Waals surface area contributed by atoms with Gasteiger partial charge in [-0.25, -0.2) is 8.42 Å². The summed E-state index contributed by atoms with van der Waals surface area (Å²) in [5, 5.41) is 5.64. The number of piperidine rings is 1. The topological polar surface area (TPSA) is 123 Å². The Bertz CT molecular complexity index is 1130. The molecule has 2 N–H and O–H groups in total. The molecule has 1 saturated heterocycles. The lowest BCUT2D eigenvalue weighted by atomic mass is 9.89. The maximum Gasteiger partial charge on any atom is 0.252 e. The molecule has 0 spiro atoms. The standard InChI is InChI=1S/C25H33N3O7S/c1-33-16-13-26-25(30)23(27-24(29)19-5-4-6-21(17-19)35-3)18-11-14-28(15-12-18)36(31,32)22-9-7-20(34-2)8-10-22/h4-10,17-18,23H,11-16H2,1-3H3,(H,26,30)(H,27,29)/t23-/m1/s1. The first-order chi connectivity index (χ1) is 17.3. The lowest BCUT2D eigenvalue weighted by molar-refractivity contribution is -0.124. The van der Waals surface area contributed by atoms with Gasteiger partial charge in [-0.15, -0.1) is 0 Å². The van der Waals surface area contributed by atoms with Crippen molar-refractivity contribution in [2.45, 2.75) is 23.8 Å². The largest absolute Gasteiger partial charge is 0.497 e. The molecule has 3 rings (SSSR count). The Hall–Kier alpha value is -3.15. The number of amides is 2. The second-order valence-corrected chi connectivity index (χ2v) is 10.3. The second kappa shape index (κ2) is 12.7. The SMILES string of the molecule is COCCNC(=O)[C@H](NC(=O)c1cccc(OC)c1)C1CCN(S(=O)(=O)c2ccc(OC)cc2)CC1. The summed E-state index contributed by atoms with van der Waals surface area (Å²) in [4.78, 5) is 26.2. The first-order valence-electron chi connectivity index (χ1n) is 11.7. The minimum absolute atomic E-state index is 0.182. The van der Waals surface area contributed by atoms with E-state index >= 15 is 0 Å². The van der Waals surface area contributed by atoms with Crippen molar-refractivity contribution in [1.82, 2.24) is 14.9 Å². The summed E-state index contributed by atoms with van der Waals surface area (Å²) < 4.78 is 42.9. The Balaban J connectivity index is 1.72. The molecule has 36 heavy (non-hydrogen) atoms. The van der Waals surface area contributed by atoms with Gasteiger partial charge >= 0.3 is 0 Å². The first-order valence-corrected chi connectivity index (χ1v) is 13.1. The van der Waals surface area contributed by atoms with Gasteiger partial charge in [0.2, 0.25) is 15.9 Å². The highest BCUT2D eigenvalue weighted by Crippen LogP contribution is 2.27. The molecule has 0 saturated carbocycles. The van der Waals surface area contributed by atoms with Crippen molar-refractivity contribution < 1.29 is 32.2 Å². The summed E-state index contributed by atoms with van der Waals surface area (Å²) in [7, 11) is 0.874. The normalized spacial score (nSPS) is 15.6. The molecule has 0 bridgehead atoms. The number of hydrogen-bond donors (Lipinski definition) is 2. The van der Waals surface area contributed by atoms with Crippen molar-refractivity contribution in [3.05, 3.63) is 54.1 Å². The average molecular weight is 520 g/mol. The number of hydrogen-bond acceptors (Lipinski definition) is 7. The highest BCUT2D eigenvalue weighted by Gasteiger charge is 2.36. The van der Waals surface area contributed by atoms with Gasteiger partial charge < -0.3 is 24.8 Å². The number of nitrogens with one attached hydrogen (secondary N) is 2. The van der Waals surface area contributed by atoms with Gasteiger partial charge in [-0.2, -0.15) is 4.31 Å². The Kier molecular flexibility index (Phi) is 9.68. The van der Waals surface area contributed by atoms with E-state index in [2.05, 4.69) is 10.6 Å². The van der Waals surface area contributed by atoms with Gasteiger partial charge in [0.15, 0.2) is 0 Å². The van der Waals surface area contributed by atoms with Crippen molar-refractivity contribution in [3.8, 4) is 11.5 Å². The van der Waals surface area contributed by atoms with Crippen molar-refractivity contribution >= 4 is 21.8 Å². The monoisotopic (exact) mass is 519 g/mol. The van der Waals surface area contributed by atoms with Crippen LogP contribution in [0.5, 0.6) is 11.5 Å². The highest BCUT2D eigenvalue weighted by atomic mass is 32.2. The van der Waals surface area contributed by atoms with E-state index in [9.17, 15) is 18.0 Å². The summed E-state index contributed by atoms with van der Waals surface area (Å²) in [5.74, 6) is 0.112. The molecule has 1 aliphatic heterocycles. The summed E-state index contributed by atoms with van der Waals surface area (Å²) in [6.07, 6.45) is 0.826. The molecule has 2 aromatic carbocycles. The Morgan fingerprint density at radius 2 is 1.67 bits per heavy atom. The molecule has 0 radical (unpaired) electrons. The van der Waals surface area contributed by atoms with Crippen molar-refractivity contribution in [3.63, 3.8) is 0 Å². The number of benzene rings is 2. The maximum absolute atomic E-state index is 13.1. The summed E-state index contributed by atoms with van der Waals surface area (Å²) in [6, 6.07) is 12.1. The molecule has 0 unspecified atom stereocenters. The molecule has 0 aliphatic carbocycles. The van der Waals surface area contributed by atoms with E-state index < -0.39 is 22.0 Å². The number of methoxy groups -OCH3 is 3. The molecule has 0 aromatic heterocycles. The van der Waals surface area contributed by atoms with Gasteiger partial charge in [0.25, 0.3) is 5.91 Å². The van der Waals surface area contributed by atoms with E-state index in [0.29, 0.717) is 43.1 Å². The molecule has 10 nitrogen and oxygen atoms in total. The van der Waals surface area contributed by atoms with Crippen LogP contribution in [-0.4, -0.2) is 78.1 Å². The van der Waals surface area contributed by atoms with Gasteiger partial charge in [-0.05, 0) is 61.2 Å². The van der Waals surface area contributed by atoms with Crippen LogP contribution in [0.15, 0.2) is 53.4 Å². The molecule has 11 heteroatoms. The predicted octanol–water partition coefficient (Wildman–Crippen LogP) is 1.67. The molecular formula is C25H33N3O7S. The van der Waals surface area contributed by atoms with E-state index in [1.807, 2.05) is 0 Å². The number of sulfonamides is 1. The molecule has 2 aromatic rings. The molecule has 2 amide bonds. The van der Waals surface area contributed by atoms with E-state index in [4.69, 9.17) is 14.2 Å². The second-order valence-electron chi connectivity index (χ2n) is 8.38. The molecule has 1 aliphatic rings. The quantitative estimate of drug-likeness (QED) is 0.433. The van der Waals surface area contributed by atoms with E-state index in [1.54, 1.807) is 36.4 Å². The summed E-state index contributed by atoms with van der Waals surface area (Å²) in [6.45, 7) is 1.10. The fraction of sp³-hybridized carbons (Fsp3) is 0.440.